The minimum atomic E-state index is 0.108. The van der Waals surface area contributed by atoms with Gasteiger partial charge in [0, 0.05) is 48.9 Å². The number of thiophene rings is 1. The number of benzene rings is 1. The number of aryl methyl sites for hydroxylation is 2. The SMILES string of the molecule is CC(=O)c1ccc(N2CCN(Cc3nc(-c4ccc(C)s4)oc3C)CC2)cc1. The molecule has 28 heavy (non-hydrogen) atoms. The highest BCUT2D eigenvalue weighted by Gasteiger charge is 2.20. The lowest BCUT2D eigenvalue weighted by molar-refractivity contribution is 0.101. The van der Waals surface area contributed by atoms with Crippen molar-refractivity contribution < 1.29 is 9.21 Å². The topological polar surface area (TPSA) is 49.6 Å². The molecule has 0 bridgehead atoms. The molecule has 1 aliphatic rings. The smallest absolute Gasteiger partial charge is 0.236 e. The van der Waals surface area contributed by atoms with Crippen LogP contribution in [0, 0.1) is 13.8 Å². The Morgan fingerprint density at radius 1 is 1.07 bits per heavy atom. The first-order chi connectivity index (χ1) is 13.5. The van der Waals surface area contributed by atoms with Gasteiger partial charge in [-0.1, -0.05) is 0 Å². The monoisotopic (exact) mass is 395 g/mol. The van der Waals surface area contributed by atoms with E-state index in [0.29, 0.717) is 0 Å². The van der Waals surface area contributed by atoms with Crippen LogP contribution in [0.5, 0.6) is 0 Å². The summed E-state index contributed by atoms with van der Waals surface area (Å²) >= 11 is 1.71. The number of rotatable bonds is 5. The molecule has 0 atom stereocenters. The fourth-order valence-electron chi connectivity index (χ4n) is 3.51. The van der Waals surface area contributed by atoms with Crippen molar-refractivity contribution in [1.29, 1.82) is 0 Å². The van der Waals surface area contributed by atoms with Crippen LogP contribution in [0.15, 0.2) is 40.8 Å². The number of nitrogens with zero attached hydrogens (tertiary/aromatic N) is 3. The lowest BCUT2D eigenvalue weighted by atomic mass is 10.1. The highest BCUT2D eigenvalue weighted by atomic mass is 32.1. The second-order valence-electron chi connectivity index (χ2n) is 7.30. The Hall–Kier alpha value is -2.44. The molecule has 5 nitrogen and oxygen atoms in total. The molecule has 0 amide bonds. The third-order valence-corrected chi connectivity index (χ3v) is 6.22. The zero-order valence-corrected chi connectivity index (χ0v) is 17.4. The van der Waals surface area contributed by atoms with E-state index in [1.165, 1.54) is 10.6 Å². The standard InChI is InChI=1S/C22H25N3O2S/c1-15-4-9-21(28-15)22-23-20(17(3)27-22)14-24-10-12-25(13-11-24)19-7-5-18(6-8-19)16(2)26/h4-9H,10-14H2,1-3H3. The predicted molar refractivity (Wildman–Crippen MR) is 113 cm³/mol. The summed E-state index contributed by atoms with van der Waals surface area (Å²) in [7, 11) is 0. The molecule has 0 N–H and O–H groups in total. The minimum absolute atomic E-state index is 0.108. The molecule has 1 fully saturated rings. The molecule has 1 saturated heterocycles. The van der Waals surface area contributed by atoms with Crippen molar-refractivity contribution in [3.8, 4) is 10.8 Å². The van der Waals surface area contributed by atoms with E-state index >= 15 is 0 Å². The Morgan fingerprint density at radius 2 is 1.79 bits per heavy atom. The van der Waals surface area contributed by atoms with Gasteiger partial charge in [-0.25, -0.2) is 4.98 Å². The first-order valence-corrected chi connectivity index (χ1v) is 10.4. The van der Waals surface area contributed by atoms with Crippen LogP contribution < -0.4 is 4.90 Å². The normalized spacial score (nSPS) is 15.2. The lowest BCUT2D eigenvalue weighted by Crippen LogP contribution is -2.46. The Balaban J connectivity index is 1.37. The molecule has 1 aromatic carbocycles. The Labute approximate surface area is 169 Å². The molecule has 0 radical (unpaired) electrons. The van der Waals surface area contributed by atoms with Gasteiger partial charge in [0.25, 0.3) is 0 Å². The second-order valence-corrected chi connectivity index (χ2v) is 8.59. The van der Waals surface area contributed by atoms with E-state index in [4.69, 9.17) is 9.40 Å². The molecule has 0 aliphatic carbocycles. The Kier molecular flexibility index (Phi) is 5.33. The van der Waals surface area contributed by atoms with Crippen molar-refractivity contribution in [2.45, 2.75) is 27.3 Å². The van der Waals surface area contributed by atoms with Gasteiger partial charge in [0.2, 0.25) is 5.89 Å². The van der Waals surface area contributed by atoms with E-state index < -0.39 is 0 Å². The van der Waals surface area contributed by atoms with Crippen LogP contribution in [0.4, 0.5) is 5.69 Å². The van der Waals surface area contributed by atoms with Crippen LogP contribution in [0.2, 0.25) is 0 Å². The van der Waals surface area contributed by atoms with Gasteiger partial charge in [-0.2, -0.15) is 0 Å². The average molecular weight is 396 g/mol. The zero-order chi connectivity index (χ0) is 19.7. The zero-order valence-electron chi connectivity index (χ0n) is 16.6. The van der Waals surface area contributed by atoms with Crippen LogP contribution in [0.1, 0.15) is 33.6 Å². The van der Waals surface area contributed by atoms with Crippen molar-refractivity contribution in [3.05, 3.63) is 58.3 Å². The fourth-order valence-corrected chi connectivity index (χ4v) is 4.31. The molecule has 3 aromatic rings. The Bertz CT molecular complexity index is 966. The summed E-state index contributed by atoms with van der Waals surface area (Å²) in [6, 6.07) is 12.1. The van der Waals surface area contributed by atoms with Gasteiger partial charge in [0.05, 0.1) is 10.6 Å². The molecule has 0 unspecified atom stereocenters. The third kappa shape index (κ3) is 4.03. The summed E-state index contributed by atoms with van der Waals surface area (Å²) in [4.78, 5) is 23.3. The van der Waals surface area contributed by atoms with Crippen LogP contribution in [-0.2, 0) is 6.54 Å². The first kappa shape index (κ1) is 18.9. The predicted octanol–water partition coefficient (Wildman–Crippen LogP) is 4.54. The van der Waals surface area contributed by atoms with Crippen LogP contribution in [0.3, 0.4) is 0 Å². The summed E-state index contributed by atoms with van der Waals surface area (Å²) < 4.78 is 5.91. The number of ketones is 1. The number of oxazole rings is 1. The van der Waals surface area contributed by atoms with Gasteiger partial charge in [0.1, 0.15) is 5.76 Å². The van der Waals surface area contributed by atoms with Crippen molar-refractivity contribution in [2.24, 2.45) is 0 Å². The van der Waals surface area contributed by atoms with Crippen molar-refractivity contribution >= 4 is 22.8 Å². The summed E-state index contributed by atoms with van der Waals surface area (Å²) in [5.41, 5.74) is 2.97. The molecule has 1 aliphatic heterocycles. The van der Waals surface area contributed by atoms with Gasteiger partial charge >= 0.3 is 0 Å². The maximum Gasteiger partial charge on any atom is 0.236 e. The first-order valence-electron chi connectivity index (χ1n) is 9.61. The van der Waals surface area contributed by atoms with E-state index in [-0.39, 0.29) is 5.78 Å². The quantitative estimate of drug-likeness (QED) is 0.594. The van der Waals surface area contributed by atoms with Crippen molar-refractivity contribution in [2.75, 3.05) is 31.1 Å². The minimum Gasteiger partial charge on any atom is -0.440 e. The molecule has 146 valence electrons. The summed E-state index contributed by atoms with van der Waals surface area (Å²) in [6.45, 7) is 10.4. The van der Waals surface area contributed by atoms with E-state index in [1.54, 1.807) is 18.3 Å². The van der Waals surface area contributed by atoms with E-state index in [1.807, 2.05) is 31.2 Å². The molecule has 4 rings (SSSR count). The van der Waals surface area contributed by atoms with Gasteiger partial charge in [-0.3, -0.25) is 9.69 Å². The highest BCUT2D eigenvalue weighted by Crippen LogP contribution is 2.29. The number of Topliss-reactive ketones (excluding diaryl/α,β-unsaturated/α-hetero) is 1. The van der Waals surface area contributed by atoms with Crippen LogP contribution >= 0.6 is 11.3 Å². The van der Waals surface area contributed by atoms with Gasteiger partial charge in [-0.15, -0.1) is 11.3 Å². The van der Waals surface area contributed by atoms with Gasteiger partial charge < -0.3 is 9.32 Å². The number of carbonyl (C=O) groups excluding carboxylic acids is 1. The number of carbonyl (C=O) groups is 1. The largest absolute Gasteiger partial charge is 0.440 e. The van der Waals surface area contributed by atoms with Crippen LogP contribution in [-0.4, -0.2) is 41.8 Å². The molecule has 6 heteroatoms. The maximum absolute atomic E-state index is 11.4. The summed E-state index contributed by atoms with van der Waals surface area (Å²) in [6.07, 6.45) is 0. The van der Waals surface area contributed by atoms with Gasteiger partial charge in [-0.05, 0) is 57.2 Å². The molecule has 2 aromatic heterocycles. The maximum atomic E-state index is 11.4. The highest BCUT2D eigenvalue weighted by molar-refractivity contribution is 7.15. The number of anilines is 1. The average Bonchev–Trinajstić information content (AvgIpc) is 3.28. The van der Waals surface area contributed by atoms with Crippen molar-refractivity contribution in [1.82, 2.24) is 9.88 Å². The second kappa shape index (κ2) is 7.89. The van der Waals surface area contributed by atoms with Gasteiger partial charge in [0.15, 0.2) is 5.78 Å². The van der Waals surface area contributed by atoms with E-state index in [0.717, 1.165) is 60.5 Å². The molecule has 0 spiro atoms. The number of piperazine rings is 1. The Morgan fingerprint density at radius 3 is 2.39 bits per heavy atom. The number of hydrogen-bond donors (Lipinski definition) is 0. The van der Waals surface area contributed by atoms with E-state index in [2.05, 4.69) is 28.9 Å². The molecular weight excluding hydrogens is 370 g/mol. The summed E-state index contributed by atoms with van der Waals surface area (Å²) in [5, 5.41) is 0. The number of aromatic nitrogens is 1. The summed E-state index contributed by atoms with van der Waals surface area (Å²) in [5.74, 6) is 1.74. The van der Waals surface area contributed by atoms with E-state index in [9.17, 15) is 4.79 Å². The third-order valence-electron chi connectivity index (χ3n) is 5.23. The molecular formula is C22H25N3O2S. The van der Waals surface area contributed by atoms with Crippen LogP contribution in [0.25, 0.3) is 10.8 Å². The lowest BCUT2D eigenvalue weighted by Gasteiger charge is -2.35. The fraction of sp³-hybridized carbons (Fsp3) is 0.364. The van der Waals surface area contributed by atoms with Crippen molar-refractivity contribution in [3.63, 3.8) is 0 Å². The molecule has 0 saturated carbocycles. The molecule has 3 heterocycles. The number of hydrogen-bond acceptors (Lipinski definition) is 6.